The summed E-state index contributed by atoms with van der Waals surface area (Å²) in [6, 6.07) is 27.8. The molecule has 0 spiro atoms. The summed E-state index contributed by atoms with van der Waals surface area (Å²) in [6.07, 6.45) is 0. The number of aromatic nitrogens is 1. The molecule has 0 aliphatic rings. The van der Waals surface area contributed by atoms with E-state index in [0.29, 0.717) is 0 Å². The summed E-state index contributed by atoms with van der Waals surface area (Å²) in [4.78, 5) is 0. The van der Waals surface area contributed by atoms with Gasteiger partial charge in [-0.1, -0.05) is 29.8 Å². The van der Waals surface area contributed by atoms with Crippen LogP contribution in [0.2, 0.25) is 0 Å². The molecule has 0 atom stereocenters. The van der Waals surface area contributed by atoms with Gasteiger partial charge in [0.05, 0.1) is 30.6 Å². The normalized spacial score (nSPS) is 11.9. The van der Waals surface area contributed by atoms with Crippen molar-refractivity contribution in [2.75, 3.05) is 14.2 Å². The van der Waals surface area contributed by atoms with E-state index in [1.807, 2.05) is 12.1 Å². The third-order valence-electron chi connectivity index (χ3n) is 7.35. The molecular weight excluding hydrogens is 446 g/mol. The molecule has 7 rings (SSSR count). The first kappa shape index (κ1) is 20.9. The molecule has 4 heteroatoms. The Bertz CT molecular complexity index is 1990. The Morgan fingerprint density at radius 3 is 2.36 bits per heavy atom. The average Bonchev–Trinajstić information content (AvgIpc) is 3.44. The van der Waals surface area contributed by atoms with Crippen molar-refractivity contribution in [3.8, 4) is 17.2 Å². The Hall–Kier alpha value is -4.44. The highest BCUT2D eigenvalue weighted by atomic mass is 16.5. The van der Waals surface area contributed by atoms with E-state index in [-0.39, 0.29) is 0 Å². The number of methoxy groups -OCH3 is 2. The molecule has 0 amide bonds. The molecule has 0 saturated carbocycles. The summed E-state index contributed by atoms with van der Waals surface area (Å²) >= 11 is 0. The second-order valence-corrected chi connectivity index (χ2v) is 9.47. The van der Waals surface area contributed by atoms with E-state index < -0.39 is 0 Å². The van der Waals surface area contributed by atoms with Gasteiger partial charge in [0.2, 0.25) is 0 Å². The van der Waals surface area contributed by atoms with Gasteiger partial charge in [-0.05, 0) is 78.7 Å². The molecular formula is C32H25NO3. The van der Waals surface area contributed by atoms with Crippen LogP contribution in [-0.4, -0.2) is 18.8 Å². The number of ether oxygens (including phenoxy) is 2. The number of benzene rings is 5. The largest absolute Gasteiger partial charge is 0.497 e. The van der Waals surface area contributed by atoms with Crippen molar-refractivity contribution in [3.63, 3.8) is 0 Å². The fourth-order valence-electron chi connectivity index (χ4n) is 5.67. The summed E-state index contributed by atoms with van der Waals surface area (Å²) in [5.41, 5.74) is 7.63. The van der Waals surface area contributed by atoms with E-state index in [2.05, 4.69) is 85.1 Å². The monoisotopic (exact) mass is 471 g/mol. The highest BCUT2D eigenvalue weighted by molar-refractivity contribution is 6.19. The lowest BCUT2D eigenvalue weighted by atomic mass is 10.0. The predicted octanol–water partition coefficient (Wildman–Crippen LogP) is 8.47. The zero-order valence-electron chi connectivity index (χ0n) is 20.7. The summed E-state index contributed by atoms with van der Waals surface area (Å²) in [6.45, 7) is 4.30. The molecule has 5 aromatic carbocycles. The second kappa shape index (κ2) is 7.53. The van der Waals surface area contributed by atoms with Crippen molar-refractivity contribution in [2.45, 2.75) is 13.8 Å². The van der Waals surface area contributed by atoms with E-state index in [0.717, 1.165) is 44.5 Å². The fraction of sp³-hybridized carbons (Fsp3) is 0.125. The van der Waals surface area contributed by atoms with Gasteiger partial charge in [0.1, 0.15) is 22.7 Å². The van der Waals surface area contributed by atoms with Gasteiger partial charge in [-0.15, -0.1) is 0 Å². The topological polar surface area (TPSA) is 36.5 Å². The Labute approximate surface area is 208 Å². The van der Waals surface area contributed by atoms with Crippen LogP contribution in [0.3, 0.4) is 0 Å². The molecule has 0 radical (unpaired) electrons. The zero-order valence-corrected chi connectivity index (χ0v) is 20.7. The van der Waals surface area contributed by atoms with Crippen molar-refractivity contribution in [3.05, 3.63) is 90.0 Å². The first-order valence-electron chi connectivity index (χ1n) is 12.1. The molecule has 0 unspecified atom stereocenters. The van der Waals surface area contributed by atoms with Crippen LogP contribution in [0.1, 0.15) is 11.1 Å². The SMILES string of the molecule is COc1ccc2c(c1)oc1ccc3cc(-n4c5ccc(C)cc5c5c(OC)ccc(C)c54)ccc3c12. The van der Waals surface area contributed by atoms with Crippen molar-refractivity contribution in [1.82, 2.24) is 4.57 Å². The molecule has 0 aliphatic heterocycles. The molecule has 0 aliphatic carbocycles. The standard InChI is InChI=1S/C32H25NO3/c1-18-5-12-26-25(15-18)31-27(35-4)13-6-19(2)32(31)33(26)21-8-10-23-20(16-21)7-14-28-30(23)24-11-9-22(34-3)17-29(24)36-28/h5-17H,1-4H3. The Balaban J connectivity index is 1.55. The lowest BCUT2D eigenvalue weighted by Gasteiger charge is -2.12. The average molecular weight is 472 g/mol. The number of rotatable bonds is 3. The number of nitrogens with zero attached hydrogens (tertiary/aromatic N) is 1. The molecule has 0 bridgehead atoms. The molecule has 0 saturated heterocycles. The van der Waals surface area contributed by atoms with Gasteiger partial charge in [-0.3, -0.25) is 0 Å². The first-order chi connectivity index (χ1) is 17.6. The van der Waals surface area contributed by atoms with Crippen LogP contribution in [0, 0.1) is 13.8 Å². The highest BCUT2D eigenvalue weighted by Gasteiger charge is 2.19. The molecule has 4 nitrogen and oxygen atoms in total. The molecule has 2 heterocycles. The van der Waals surface area contributed by atoms with Crippen LogP contribution in [0.4, 0.5) is 0 Å². The summed E-state index contributed by atoms with van der Waals surface area (Å²) in [5, 5.41) is 6.93. The fourth-order valence-corrected chi connectivity index (χ4v) is 5.67. The van der Waals surface area contributed by atoms with Gasteiger partial charge in [0.25, 0.3) is 0 Å². The lowest BCUT2D eigenvalue weighted by Crippen LogP contribution is -1.96. The predicted molar refractivity (Wildman–Crippen MR) is 148 cm³/mol. The number of furan rings is 1. The van der Waals surface area contributed by atoms with Crippen molar-refractivity contribution < 1.29 is 13.9 Å². The second-order valence-electron chi connectivity index (χ2n) is 9.47. The van der Waals surface area contributed by atoms with Crippen LogP contribution < -0.4 is 9.47 Å². The van der Waals surface area contributed by atoms with E-state index in [9.17, 15) is 0 Å². The van der Waals surface area contributed by atoms with Gasteiger partial charge in [-0.25, -0.2) is 0 Å². The first-order valence-corrected chi connectivity index (χ1v) is 12.1. The number of fused-ring (bicyclic) bond motifs is 8. The van der Waals surface area contributed by atoms with Gasteiger partial charge in [-0.2, -0.15) is 0 Å². The van der Waals surface area contributed by atoms with Gasteiger partial charge in [0, 0.05) is 27.9 Å². The summed E-state index contributed by atoms with van der Waals surface area (Å²) in [7, 11) is 3.42. The Morgan fingerprint density at radius 2 is 1.53 bits per heavy atom. The van der Waals surface area contributed by atoms with Crippen LogP contribution in [0.25, 0.3) is 60.2 Å². The molecule has 7 aromatic rings. The Morgan fingerprint density at radius 1 is 0.667 bits per heavy atom. The number of hydrogen-bond donors (Lipinski definition) is 0. The minimum atomic E-state index is 0.792. The summed E-state index contributed by atoms with van der Waals surface area (Å²) < 4.78 is 19.7. The Kier molecular flexibility index (Phi) is 4.37. The van der Waals surface area contributed by atoms with Gasteiger partial charge >= 0.3 is 0 Å². The van der Waals surface area contributed by atoms with Crippen molar-refractivity contribution in [1.29, 1.82) is 0 Å². The highest BCUT2D eigenvalue weighted by Crippen LogP contribution is 2.41. The van der Waals surface area contributed by atoms with Crippen molar-refractivity contribution >= 4 is 54.5 Å². The van der Waals surface area contributed by atoms with E-state index in [4.69, 9.17) is 13.9 Å². The van der Waals surface area contributed by atoms with Gasteiger partial charge < -0.3 is 18.5 Å². The third kappa shape index (κ3) is 2.81. The quantitative estimate of drug-likeness (QED) is 0.259. The smallest absolute Gasteiger partial charge is 0.139 e. The minimum Gasteiger partial charge on any atom is -0.497 e. The maximum Gasteiger partial charge on any atom is 0.139 e. The van der Waals surface area contributed by atoms with Crippen molar-refractivity contribution in [2.24, 2.45) is 0 Å². The van der Waals surface area contributed by atoms with Crippen LogP contribution in [0.5, 0.6) is 11.5 Å². The maximum absolute atomic E-state index is 6.17. The molecule has 176 valence electrons. The van der Waals surface area contributed by atoms with E-state index in [1.165, 1.54) is 38.3 Å². The maximum atomic E-state index is 6.17. The van der Waals surface area contributed by atoms with Crippen LogP contribution in [-0.2, 0) is 0 Å². The lowest BCUT2D eigenvalue weighted by molar-refractivity contribution is 0.414. The number of hydrogen-bond acceptors (Lipinski definition) is 3. The minimum absolute atomic E-state index is 0.792. The van der Waals surface area contributed by atoms with Crippen LogP contribution >= 0.6 is 0 Å². The summed E-state index contributed by atoms with van der Waals surface area (Å²) in [5.74, 6) is 1.69. The number of aryl methyl sites for hydroxylation is 2. The van der Waals surface area contributed by atoms with Crippen LogP contribution in [0.15, 0.2) is 83.3 Å². The van der Waals surface area contributed by atoms with E-state index in [1.54, 1.807) is 14.2 Å². The van der Waals surface area contributed by atoms with E-state index >= 15 is 0 Å². The molecule has 2 aromatic heterocycles. The molecule has 0 N–H and O–H groups in total. The molecule has 36 heavy (non-hydrogen) atoms. The zero-order chi connectivity index (χ0) is 24.6. The molecule has 0 fully saturated rings. The third-order valence-corrected chi connectivity index (χ3v) is 7.35. The van der Waals surface area contributed by atoms with Gasteiger partial charge in [0.15, 0.2) is 0 Å².